The van der Waals surface area contributed by atoms with E-state index in [-0.39, 0.29) is 12.1 Å². The van der Waals surface area contributed by atoms with E-state index in [1.54, 1.807) is 30.3 Å². The van der Waals surface area contributed by atoms with Crippen LogP contribution < -0.4 is 5.73 Å². The average molecular weight is 270 g/mol. The fraction of sp³-hybridized carbons (Fsp3) is 0.500. The highest BCUT2D eigenvalue weighted by atomic mass is 32.2. The zero-order valence-electron chi connectivity index (χ0n) is 10.3. The summed E-state index contributed by atoms with van der Waals surface area (Å²) < 4.78 is 31.9. The Hall–Kier alpha value is -0.950. The summed E-state index contributed by atoms with van der Waals surface area (Å²) in [5.41, 5.74) is 5.55. The van der Waals surface area contributed by atoms with Gasteiger partial charge in [-0.2, -0.15) is 4.31 Å². The van der Waals surface area contributed by atoms with Crippen LogP contribution in [0.3, 0.4) is 0 Å². The van der Waals surface area contributed by atoms with Gasteiger partial charge in [-0.25, -0.2) is 8.42 Å². The van der Waals surface area contributed by atoms with E-state index in [0.29, 0.717) is 24.6 Å². The van der Waals surface area contributed by atoms with Crippen LogP contribution in [-0.4, -0.2) is 44.6 Å². The molecule has 1 heterocycles. The van der Waals surface area contributed by atoms with Crippen LogP contribution in [0.4, 0.5) is 0 Å². The molecular weight excluding hydrogens is 252 g/mol. The summed E-state index contributed by atoms with van der Waals surface area (Å²) in [6.45, 7) is 2.86. The molecule has 1 aromatic rings. The van der Waals surface area contributed by atoms with E-state index in [1.807, 2.05) is 6.92 Å². The number of morpholine rings is 1. The fourth-order valence-corrected chi connectivity index (χ4v) is 3.67. The Balaban J connectivity index is 2.29. The van der Waals surface area contributed by atoms with Gasteiger partial charge in [-0.15, -0.1) is 0 Å². The predicted molar refractivity (Wildman–Crippen MR) is 68.6 cm³/mol. The van der Waals surface area contributed by atoms with Gasteiger partial charge in [-0.1, -0.05) is 18.2 Å². The number of benzene rings is 1. The van der Waals surface area contributed by atoms with Crippen molar-refractivity contribution in [3.8, 4) is 0 Å². The minimum Gasteiger partial charge on any atom is -0.374 e. The molecule has 1 fully saturated rings. The summed E-state index contributed by atoms with van der Waals surface area (Å²) in [6, 6.07) is 8.28. The number of sulfonamides is 1. The molecule has 2 N–H and O–H groups in total. The van der Waals surface area contributed by atoms with Crippen molar-refractivity contribution in [3.63, 3.8) is 0 Å². The Kier molecular flexibility index (Phi) is 4.01. The molecule has 0 spiro atoms. The molecule has 2 unspecified atom stereocenters. The van der Waals surface area contributed by atoms with Crippen LogP contribution >= 0.6 is 0 Å². The predicted octanol–water partition coefficient (Wildman–Crippen LogP) is 0.423. The Morgan fingerprint density at radius 2 is 2.06 bits per heavy atom. The van der Waals surface area contributed by atoms with Crippen molar-refractivity contribution in [1.82, 2.24) is 4.31 Å². The average Bonchev–Trinajstić information content (AvgIpc) is 2.40. The van der Waals surface area contributed by atoms with Crippen LogP contribution in [0.15, 0.2) is 35.2 Å². The maximum Gasteiger partial charge on any atom is 0.243 e. The zero-order chi connectivity index (χ0) is 13.2. The van der Waals surface area contributed by atoms with E-state index < -0.39 is 10.0 Å². The van der Waals surface area contributed by atoms with E-state index in [4.69, 9.17) is 10.5 Å². The molecule has 0 amide bonds. The summed E-state index contributed by atoms with van der Waals surface area (Å²) in [7, 11) is -3.46. The second kappa shape index (κ2) is 5.36. The number of hydrogen-bond donors (Lipinski definition) is 1. The molecule has 1 aliphatic heterocycles. The number of nitrogens with two attached hydrogens (primary N) is 1. The van der Waals surface area contributed by atoms with Crippen LogP contribution in [0.5, 0.6) is 0 Å². The monoisotopic (exact) mass is 270 g/mol. The molecule has 6 heteroatoms. The number of ether oxygens (including phenoxy) is 1. The van der Waals surface area contributed by atoms with Crippen LogP contribution in [0.2, 0.25) is 0 Å². The van der Waals surface area contributed by atoms with Gasteiger partial charge in [-0.05, 0) is 19.1 Å². The summed E-state index contributed by atoms with van der Waals surface area (Å²) in [6.07, 6.45) is -0.223. The van der Waals surface area contributed by atoms with Gasteiger partial charge in [0.25, 0.3) is 0 Å². The topological polar surface area (TPSA) is 72.6 Å². The molecule has 100 valence electrons. The lowest BCUT2D eigenvalue weighted by Crippen LogP contribution is -2.52. The highest BCUT2D eigenvalue weighted by molar-refractivity contribution is 7.89. The van der Waals surface area contributed by atoms with Crippen molar-refractivity contribution < 1.29 is 13.2 Å². The highest BCUT2D eigenvalue weighted by Crippen LogP contribution is 2.21. The maximum absolute atomic E-state index is 12.5. The van der Waals surface area contributed by atoms with E-state index in [1.165, 1.54) is 4.31 Å². The Bertz CT molecular complexity index is 489. The second-order valence-electron chi connectivity index (χ2n) is 4.43. The van der Waals surface area contributed by atoms with Crippen molar-refractivity contribution >= 4 is 10.0 Å². The number of nitrogens with zero attached hydrogens (tertiary/aromatic N) is 1. The van der Waals surface area contributed by atoms with E-state index in [0.717, 1.165) is 0 Å². The lowest BCUT2D eigenvalue weighted by atomic mass is 10.2. The van der Waals surface area contributed by atoms with E-state index in [2.05, 4.69) is 0 Å². The molecule has 1 aliphatic rings. The smallest absolute Gasteiger partial charge is 0.243 e. The van der Waals surface area contributed by atoms with Crippen molar-refractivity contribution in [2.75, 3.05) is 19.7 Å². The molecular formula is C12H18N2O3S. The first-order chi connectivity index (χ1) is 8.55. The Morgan fingerprint density at radius 1 is 1.39 bits per heavy atom. The largest absolute Gasteiger partial charge is 0.374 e. The van der Waals surface area contributed by atoms with Crippen LogP contribution in [0, 0.1) is 0 Å². The van der Waals surface area contributed by atoms with Gasteiger partial charge in [-0.3, -0.25) is 0 Å². The van der Waals surface area contributed by atoms with E-state index in [9.17, 15) is 8.42 Å². The molecule has 0 aliphatic carbocycles. The summed E-state index contributed by atoms with van der Waals surface area (Å²) in [4.78, 5) is 0.314. The molecule has 1 saturated heterocycles. The van der Waals surface area contributed by atoms with Crippen molar-refractivity contribution in [3.05, 3.63) is 30.3 Å². The summed E-state index contributed by atoms with van der Waals surface area (Å²) >= 11 is 0. The lowest BCUT2D eigenvalue weighted by Gasteiger charge is -2.36. The fourth-order valence-electron chi connectivity index (χ4n) is 2.00. The number of rotatable bonds is 3. The van der Waals surface area contributed by atoms with Crippen molar-refractivity contribution in [2.24, 2.45) is 5.73 Å². The van der Waals surface area contributed by atoms with Gasteiger partial charge in [0.05, 0.1) is 17.6 Å². The van der Waals surface area contributed by atoms with Crippen LogP contribution in [0.25, 0.3) is 0 Å². The Labute approximate surface area is 108 Å². The van der Waals surface area contributed by atoms with Crippen molar-refractivity contribution in [2.45, 2.75) is 24.0 Å². The quantitative estimate of drug-likeness (QED) is 0.864. The normalized spacial score (nSPS) is 26.1. The lowest BCUT2D eigenvalue weighted by molar-refractivity contribution is -0.0219. The van der Waals surface area contributed by atoms with Gasteiger partial charge in [0.2, 0.25) is 10.0 Å². The number of hydrogen-bond acceptors (Lipinski definition) is 4. The molecule has 1 aromatic carbocycles. The standard InChI is InChI=1S/C12H18N2O3S/c1-10-9-17-11(7-13)8-14(10)18(15,16)12-5-3-2-4-6-12/h2-6,10-11H,7-9,13H2,1H3. The molecule has 2 atom stereocenters. The summed E-state index contributed by atoms with van der Waals surface area (Å²) in [5, 5.41) is 0. The molecule has 0 radical (unpaired) electrons. The van der Waals surface area contributed by atoms with Crippen LogP contribution in [0.1, 0.15) is 6.92 Å². The minimum atomic E-state index is -3.46. The third-order valence-electron chi connectivity index (χ3n) is 3.06. The molecule has 18 heavy (non-hydrogen) atoms. The minimum absolute atomic E-state index is 0.169. The molecule has 0 aromatic heterocycles. The first kappa shape index (κ1) is 13.5. The van der Waals surface area contributed by atoms with Gasteiger partial charge < -0.3 is 10.5 Å². The first-order valence-corrected chi connectivity index (χ1v) is 7.38. The third-order valence-corrected chi connectivity index (χ3v) is 5.06. The summed E-state index contributed by atoms with van der Waals surface area (Å²) in [5.74, 6) is 0. The van der Waals surface area contributed by atoms with Crippen molar-refractivity contribution in [1.29, 1.82) is 0 Å². The highest BCUT2D eigenvalue weighted by Gasteiger charge is 2.34. The molecule has 2 rings (SSSR count). The second-order valence-corrected chi connectivity index (χ2v) is 6.32. The first-order valence-electron chi connectivity index (χ1n) is 5.94. The third kappa shape index (κ3) is 2.56. The SMILES string of the molecule is CC1COC(CN)CN1S(=O)(=O)c1ccccc1. The molecule has 0 bridgehead atoms. The van der Waals surface area contributed by atoms with Gasteiger partial charge >= 0.3 is 0 Å². The maximum atomic E-state index is 12.5. The van der Waals surface area contributed by atoms with E-state index >= 15 is 0 Å². The van der Waals surface area contributed by atoms with Crippen LogP contribution in [-0.2, 0) is 14.8 Å². The van der Waals surface area contributed by atoms with Gasteiger partial charge in [0.1, 0.15) is 0 Å². The van der Waals surface area contributed by atoms with Gasteiger partial charge in [0.15, 0.2) is 0 Å². The Morgan fingerprint density at radius 3 is 2.67 bits per heavy atom. The molecule has 5 nitrogen and oxygen atoms in total. The zero-order valence-corrected chi connectivity index (χ0v) is 11.1. The molecule has 0 saturated carbocycles. The van der Waals surface area contributed by atoms with Gasteiger partial charge in [0, 0.05) is 19.1 Å².